The molecule has 1 aliphatic heterocycles. The van der Waals surface area contributed by atoms with Crippen molar-refractivity contribution in [2.45, 2.75) is 65.1 Å². The third-order valence-electron chi connectivity index (χ3n) is 7.36. The summed E-state index contributed by atoms with van der Waals surface area (Å²) in [5.74, 6) is 0.218. The molecule has 39 heavy (non-hydrogen) atoms. The second-order valence-electron chi connectivity index (χ2n) is 11.7. The molecule has 10 nitrogen and oxygen atoms in total. The molecular formula is C29H35N7O3. The summed E-state index contributed by atoms with van der Waals surface area (Å²) in [5, 5.41) is 11.8. The molecule has 2 aliphatic rings. The molecule has 0 bridgehead atoms. The third-order valence-corrected chi connectivity index (χ3v) is 7.36. The fourth-order valence-electron chi connectivity index (χ4n) is 4.95. The largest absolute Gasteiger partial charge is 0.442 e. The average Bonchev–Trinajstić information content (AvgIpc) is 3.64. The number of likely N-dealkylation sites (tertiary alicyclic amines) is 1. The molecule has 5 rings (SSSR count). The number of carbonyl (C=O) groups is 2. The van der Waals surface area contributed by atoms with Crippen molar-refractivity contribution in [1.82, 2.24) is 29.9 Å². The Kier molecular flexibility index (Phi) is 7.20. The predicted molar refractivity (Wildman–Crippen MR) is 146 cm³/mol. The number of anilines is 1. The molecule has 1 N–H and O–H groups in total. The summed E-state index contributed by atoms with van der Waals surface area (Å²) in [6.45, 7) is 8.64. The fraction of sp³-hybridized carbons (Fsp3) is 0.448. The van der Waals surface area contributed by atoms with Crippen LogP contribution < -0.4 is 5.32 Å². The summed E-state index contributed by atoms with van der Waals surface area (Å²) in [5.41, 5.74) is 3.37. The molecule has 0 radical (unpaired) electrons. The molecule has 3 aromatic rings. The number of nitrogens with zero attached hydrogens (tertiary/aromatic N) is 6. The molecule has 204 valence electrons. The number of esters is 1. The number of hydrogen-bond acceptors (Lipinski definition) is 8. The lowest BCUT2D eigenvalue weighted by molar-refractivity contribution is -0.157. The minimum atomic E-state index is -0.580. The number of hydrogen-bond donors (Lipinski definition) is 1. The highest BCUT2D eigenvalue weighted by atomic mass is 16.5. The Morgan fingerprint density at radius 2 is 1.85 bits per heavy atom. The molecule has 1 unspecified atom stereocenters. The number of carbonyl (C=O) groups excluding carboxylic acids is 2. The Morgan fingerprint density at radius 1 is 1.15 bits per heavy atom. The van der Waals surface area contributed by atoms with Crippen LogP contribution in [0.2, 0.25) is 0 Å². The number of nitrogens with one attached hydrogen (secondary N) is 1. The van der Waals surface area contributed by atoms with Gasteiger partial charge in [0.05, 0.1) is 17.3 Å². The van der Waals surface area contributed by atoms with E-state index in [1.807, 2.05) is 4.90 Å². The first-order valence-corrected chi connectivity index (χ1v) is 13.3. The van der Waals surface area contributed by atoms with E-state index >= 15 is 0 Å². The zero-order valence-electron chi connectivity index (χ0n) is 22.9. The van der Waals surface area contributed by atoms with Crippen LogP contribution in [0.5, 0.6) is 0 Å². The van der Waals surface area contributed by atoms with E-state index in [2.05, 4.69) is 56.8 Å². The van der Waals surface area contributed by atoms with E-state index in [1.165, 1.54) is 15.8 Å². The van der Waals surface area contributed by atoms with Crippen LogP contribution in [0, 0.1) is 5.41 Å². The molecule has 1 aliphatic carbocycles. The van der Waals surface area contributed by atoms with Crippen molar-refractivity contribution in [3.8, 4) is 0 Å². The fourth-order valence-corrected chi connectivity index (χ4v) is 4.95. The van der Waals surface area contributed by atoms with Crippen LogP contribution in [0.1, 0.15) is 56.5 Å². The van der Waals surface area contributed by atoms with Crippen molar-refractivity contribution >= 4 is 23.9 Å². The van der Waals surface area contributed by atoms with Gasteiger partial charge >= 0.3 is 5.97 Å². The van der Waals surface area contributed by atoms with E-state index in [9.17, 15) is 9.59 Å². The van der Waals surface area contributed by atoms with Gasteiger partial charge in [0.25, 0.3) is 0 Å². The monoisotopic (exact) mass is 529 g/mol. The first-order valence-electron chi connectivity index (χ1n) is 13.3. The highest BCUT2D eigenvalue weighted by Crippen LogP contribution is 2.33. The average molecular weight is 530 g/mol. The Labute approximate surface area is 228 Å². The topological polar surface area (TPSA) is 115 Å². The summed E-state index contributed by atoms with van der Waals surface area (Å²) in [6.07, 6.45) is 11.2. The van der Waals surface area contributed by atoms with Gasteiger partial charge in [0, 0.05) is 48.6 Å². The standard InChI is InChI=1S/C29H35N7O3/c1-28(2,3)26(38)39-19-36-17-24(33-34-36)29(4)11-12-35(18-29)25(37)10-9-20-15-30-27(31-16-20)32-23-13-21-7-5-6-8-22(21)14-23/h5-10,15-17,23H,11-14,18-19H2,1-4H3,(H,30,31,32). The van der Waals surface area contributed by atoms with Gasteiger partial charge in [-0.3, -0.25) is 9.59 Å². The molecule has 2 aromatic heterocycles. The Hall–Kier alpha value is -4.08. The van der Waals surface area contributed by atoms with E-state index < -0.39 is 5.41 Å². The molecule has 1 saturated heterocycles. The summed E-state index contributed by atoms with van der Waals surface area (Å²) in [4.78, 5) is 35.6. The van der Waals surface area contributed by atoms with Crippen LogP contribution >= 0.6 is 0 Å². The van der Waals surface area contributed by atoms with Gasteiger partial charge in [-0.05, 0) is 57.2 Å². The first-order chi connectivity index (χ1) is 18.6. The summed E-state index contributed by atoms with van der Waals surface area (Å²) < 4.78 is 6.83. The Bertz CT molecular complexity index is 1350. The SMILES string of the molecule is CC(C)(C)C(=O)OCn1cc(C2(C)CCN(C(=O)C=Cc3cnc(NC4Cc5ccccc5C4)nc3)C2)nn1. The van der Waals surface area contributed by atoms with Crippen LogP contribution in [0.15, 0.2) is 48.9 Å². The lowest BCUT2D eigenvalue weighted by atomic mass is 9.86. The lowest BCUT2D eigenvalue weighted by Gasteiger charge is -2.21. The number of benzene rings is 1. The zero-order valence-corrected chi connectivity index (χ0v) is 22.9. The number of rotatable bonds is 7. The second-order valence-corrected chi connectivity index (χ2v) is 11.7. The molecule has 0 saturated carbocycles. The molecule has 1 aromatic carbocycles. The highest BCUT2D eigenvalue weighted by Gasteiger charge is 2.39. The van der Waals surface area contributed by atoms with Crippen molar-refractivity contribution in [2.75, 3.05) is 18.4 Å². The molecule has 1 atom stereocenters. The van der Waals surface area contributed by atoms with Gasteiger partial charge in [-0.15, -0.1) is 5.10 Å². The van der Waals surface area contributed by atoms with Gasteiger partial charge in [-0.2, -0.15) is 0 Å². The van der Waals surface area contributed by atoms with Crippen LogP contribution in [0.3, 0.4) is 0 Å². The molecule has 3 heterocycles. The van der Waals surface area contributed by atoms with Gasteiger partial charge in [0.15, 0.2) is 6.73 Å². The minimum Gasteiger partial charge on any atom is -0.442 e. The molecular weight excluding hydrogens is 494 g/mol. The highest BCUT2D eigenvalue weighted by molar-refractivity contribution is 5.92. The number of amides is 1. The van der Waals surface area contributed by atoms with Crippen molar-refractivity contribution in [3.63, 3.8) is 0 Å². The van der Waals surface area contributed by atoms with E-state index in [-0.39, 0.29) is 30.1 Å². The van der Waals surface area contributed by atoms with Crippen LogP contribution in [-0.2, 0) is 39.3 Å². The first kappa shape index (κ1) is 26.5. The van der Waals surface area contributed by atoms with Gasteiger partial charge in [-0.1, -0.05) is 36.4 Å². The molecule has 10 heteroatoms. The van der Waals surface area contributed by atoms with Crippen LogP contribution in [-0.4, -0.2) is 60.9 Å². The van der Waals surface area contributed by atoms with Crippen molar-refractivity contribution in [1.29, 1.82) is 0 Å². The maximum Gasteiger partial charge on any atom is 0.313 e. The number of fused-ring (bicyclic) bond motifs is 1. The van der Waals surface area contributed by atoms with E-state index in [0.29, 0.717) is 19.0 Å². The summed E-state index contributed by atoms with van der Waals surface area (Å²) >= 11 is 0. The molecule has 0 spiro atoms. The molecule has 1 fully saturated rings. The maximum absolute atomic E-state index is 12.9. The van der Waals surface area contributed by atoms with Crippen LogP contribution in [0.25, 0.3) is 6.08 Å². The maximum atomic E-state index is 12.9. The van der Waals surface area contributed by atoms with Crippen molar-refractivity contribution < 1.29 is 14.3 Å². The number of ether oxygens (including phenoxy) is 1. The Balaban J connectivity index is 1.12. The quantitative estimate of drug-likeness (QED) is 0.366. The van der Waals surface area contributed by atoms with E-state index in [0.717, 1.165) is 30.5 Å². The predicted octanol–water partition coefficient (Wildman–Crippen LogP) is 3.40. The van der Waals surface area contributed by atoms with Gasteiger partial charge in [-0.25, -0.2) is 14.6 Å². The van der Waals surface area contributed by atoms with Crippen molar-refractivity contribution in [3.05, 3.63) is 71.3 Å². The smallest absolute Gasteiger partial charge is 0.313 e. The normalized spacial score (nSPS) is 19.4. The molecule has 1 amide bonds. The third kappa shape index (κ3) is 6.16. The van der Waals surface area contributed by atoms with Crippen molar-refractivity contribution in [2.24, 2.45) is 5.41 Å². The minimum absolute atomic E-state index is 0.00918. The summed E-state index contributed by atoms with van der Waals surface area (Å²) in [7, 11) is 0. The van der Waals surface area contributed by atoms with Gasteiger partial charge in [0.1, 0.15) is 0 Å². The summed E-state index contributed by atoms with van der Waals surface area (Å²) in [6, 6.07) is 8.77. The van der Waals surface area contributed by atoms with E-state index in [1.54, 1.807) is 51.5 Å². The zero-order chi connectivity index (χ0) is 27.6. The second kappa shape index (κ2) is 10.6. The number of aromatic nitrogens is 5. The van der Waals surface area contributed by atoms with Gasteiger partial charge < -0.3 is 15.0 Å². The van der Waals surface area contributed by atoms with E-state index in [4.69, 9.17) is 4.74 Å². The van der Waals surface area contributed by atoms with Gasteiger partial charge in [0.2, 0.25) is 11.9 Å². The Morgan fingerprint density at radius 3 is 2.51 bits per heavy atom. The van der Waals surface area contributed by atoms with Crippen LogP contribution in [0.4, 0.5) is 5.95 Å². The lowest BCUT2D eigenvalue weighted by Crippen LogP contribution is -2.32.